The fraction of sp³-hybridized carbons (Fsp3) is 0. The van der Waals surface area contributed by atoms with Gasteiger partial charge in [-0.3, -0.25) is 0 Å². The lowest BCUT2D eigenvalue weighted by Gasteiger charge is -2.11. The van der Waals surface area contributed by atoms with Crippen molar-refractivity contribution in [2.45, 2.75) is 0 Å². The molecule has 9 aromatic rings. The third-order valence-corrected chi connectivity index (χ3v) is 8.36. The lowest BCUT2D eigenvalue weighted by Crippen LogP contribution is -2.01. The molecule has 0 spiro atoms. The Hall–Kier alpha value is -6.07. The summed E-state index contributed by atoms with van der Waals surface area (Å²) in [6.45, 7) is 0. The summed E-state index contributed by atoms with van der Waals surface area (Å²) in [4.78, 5) is 18.5. The summed E-state index contributed by atoms with van der Waals surface area (Å²) >= 11 is 0. The lowest BCUT2D eigenvalue weighted by molar-refractivity contribution is 1.07. The quantitative estimate of drug-likeness (QED) is 0.232. The first kappa shape index (κ1) is 24.5. The highest BCUT2D eigenvalue weighted by Crippen LogP contribution is 2.37. The minimum atomic E-state index is 0.637. The van der Waals surface area contributed by atoms with Gasteiger partial charge in [-0.05, 0) is 36.4 Å². The van der Waals surface area contributed by atoms with Crippen molar-refractivity contribution < 1.29 is 0 Å². The first-order chi connectivity index (χ1) is 21.8. The van der Waals surface area contributed by atoms with Crippen molar-refractivity contribution in [2.75, 3.05) is 0 Å². The number of aromatic amines is 1. The van der Waals surface area contributed by atoms with E-state index in [1.165, 1.54) is 21.5 Å². The number of H-pyrrole nitrogens is 1. The molecule has 0 atom stereocenters. The van der Waals surface area contributed by atoms with E-state index in [0.717, 1.165) is 44.4 Å². The average molecular weight is 564 g/mol. The number of benzene rings is 6. The Bertz CT molecular complexity index is 2430. The average Bonchev–Trinajstić information content (AvgIpc) is 3.62. The van der Waals surface area contributed by atoms with Crippen molar-refractivity contribution in [3.63, 3.8) is 0 Å². The van der Waals surface area contributed by atoms with E-state index < -0.39 is 0 Å². The third-order valence-electron chi connectivity index (χ3n) is 8.36. The number of hydrogen-bond donors (Lipinski definition) is 1. The van der Waals surface area contributed by atoms with E-state index in [1.54, 1.807) is 0 Å². The number of nitrogens with one attached hydrogen (secondary N) is 1. The van der Waals surface area contributed by atoms with Gasteiger partial charge in [0.15, 0.2) is 17.5 Å². The van der Waals surface area contributed by atoms with Gasteiger partial charge in [-0.15, -0.1) is 0 Å². The van der Waals surface area contributed by atoms with Crippen LogP contribution in [0.3, 0.4) is 0 Å². The van der Waals surface area contributed by atoms with Crippen LogP contribution in [-0.2, 0) is 0 Å². The molecule has 1 N–H and O–H groups in total. The van der Waals surface area contributed by atoms with E-state index >= 15 is 0 Å². The van der Waals surface area contributed by atoms with Gasteiger partial charge < -0.3 is 9.55 Å². The maximum absolute atomic E-state index is 4.98. The summed E-state index contributed by atoms with van der Waals surface area (Å²) in [7, 11) is 0. The van der Waals surface area contributed by atoms with Crippen molar-refractivity contribution in [1.29, 1.82) is 0 Å². The molecule has 0 aliphatic rings. The third kappa shape index (κ3) is 3.91. The second kappa shape index (κ2) is 9.75. The molecule has 44 heavy (non-hydrogen) atoms. The predicted octanol–water partition coefficient (Wildman–Crippen LogP) is 9.60. The molecule has 3 heterocycles. The zero-order chi connectivity index (χ0) is 29.0. The van der Waals surface area contributed by atoms with Gasteiger partial charge in [0.2, 0.25) is 0 Å². The van der Waals surface area contributed by atoms with Gasteiger partial charge in [0, 0.05) is 55.0 Å². The lowest BCUT2D eigenvalue weighted by atomic mass is 10.1. The molecule has 9 rings (SSSR count). The number of para-hydroxylation sites is 2. The zero-order valence-electron chi connectivity index (χ0n) is 23.6. The highest BCUT2D eigenvalue weighted by atomic mass is 15.0. The van der Waals surface area contributed by atoms with Crippen LogP contribution in [0.25, 0.3) is 83.5 Å². The SMILES string of the molecule is c1ccc(-c2nc(-c3ccccc3)nc(-c3cccc(-n4c5ccccc5c5cc6c(cc54)[nH]c4ccccc46)c3)n2)cc1. The highest BCUT2D eigenvalue weighted by molar-refractivity contribution is 6.18. The van der Waals surface area contributed by atoms with Crippen LogP contribution in [0.1, 0.15) is 0 Å². The molecule has 0 aliphatic carbocycles. The molecule has 206 valence electrons. The van der Waals surface area contributed by atoms with Gasteiger partial charge in [-0.2, -0.15) is 0 Å². The van der Waals surface area contributed by atoms with Gasteiger partial charge >= 0.3 is 0 Å². The van der Waals surface area contributed by atoms with Crippen molar-refractivity contribution in [2.24, 2.45) is 0 Å². The summed E-state index contributed by atoms with van der Waals surface area (Å²) in [6, 6.07) is 50.4. The molecule has 0 saturated heterocycles. The van der Waals surface area contributed by atoms with Crippen LogP contribution >= 0.6 is 0 Å². The summed E-state index contributed by atoms with van der Waals surface area (Å²) in [5.74, 6) is 1.94. The predicted molar refractivity (Wildman–Crippen MR) is 180 cm³/mol. The molecule has 0 aliphatic heterocycles. The van der Waals surface area contributed by atoms with E-state index in [0.29, 0.717) is 17.5 Å². The van der Waals surface area contributed by atoms with Gasteiger partial charge in [-0.1, -0.05) is 109 Å². The largest absolute Gasteiger partial charge is 0.354 e. The van der Waals surface area contributed by atoms with Gasteiger partial charge in [0.1, 0.15) is 0 Å². The topological polar surface area (TPSA) is 59.4 Å². The van der Waals surface area contributed by atoms with Crippen LogP contribution in [0.15, 0.2) is 146 Å². The number of aromatic nitrogens is 5. The van der Waals surface area contributed by atoms with E-state index in [9.17, 15) is 0 Å². The smallest absolute Gasteiger partial charge is 0.164 e. The molecule has 6 aromatic carbocycles. The molecular weight excluding hydrogens is 538 g/mol. The first-order valence-corrected chi connectivity index (χ1v) is 14.7. The van der Waals surface area contributed by atoms with Crippen LogP contribution in [0.2, 0.25) is 0 Å². The van der Waals surface area contributed by atoms with Crippen LogP contribution < -0.4 is 0 Å². The molecule has 0 unspecified atom stereocenters. The number of nitrogens with zero attached hydrogens (tertiary/aromatic N) is 4. The number of fused-ring (bicyclic) bond motifs is 6. The summed E-state index contributed by atoms with van der Waals surface area (Å²) in [5.41, 5.74) is 8.45. The van der Waals surface area contributed by atoms with Crippen molar-refractivity contribution in [3.05, 3.63) is 146 Å². The molecule has 0 saturated carbocycles. The maximum atomic E-state index is 4.98. The van der Waals surface area contributed by atoms with E-state index in [2.05, 4.69) is 94.5 Å². The molecule has 5 nitrogen and oxygen atoms in total. The molecule has 3 aromatic heterocycles. The van der Waals surface area contributed by atoms with Crippen LogP contribution in [-0.4, -0.2) is 24.5 Å². The standard InChI is InChI=1S/C39H25N5/c1-3-12-25(13-4-1)37-41-38(26-14-5-2-6-15-26)43-39(42-37)27-16-11-17-28(22-27)44-35-21-10-8-19-30(35)32-23-31-29-18-7-9-20-33(29)40-34(31)24-36(32)44/h1-24,40H. The molecule has 0 radical (unpaired) electrons. The Morgan fingerprint density at radius 1 is 0.386 bits per heavy atom. The van der Waals surface area contributed by atoms with Gasteiger partial charge in [0.25, 0.3) is 0 Å². The monoisotopic (exact) mass is 563 g/mol. The fourth-order valence-electron chi connectivity index (χ4n) is 6.31. The van der Waals surface area contributed by atoms with E-state index in [4.69, 9.17) is 15.0 Å². The minimum absolute atomic E-state index is 0.637. The maximum Gasteiger partial charge on any atom is 0.164 e. The van der Waals surface area contributed by atoms with E-state index in [-0.39, 0.29) is 0 Å². The summed E-state index contributed by atoms with van der Waals surface area (Å²) in [5, 5.41) is 4.91. The van der Waals surface area contributed by atoms with Crippen molar-refractivity contribution in [3.8, 4) is 39.9 Å². The second-order valence-electron chi connectivity index (χ2n) is 11.0. The molecule has 5 heteroatoms. The Morgan fingerprint density at radius 2 is 0.977 bits per heavy atom. The molecule has 0 bridgehead atoms. The Balaban J connectivity index is 1.27. The summed E-state index contributed by atoms with van der Waals surface area (Å²) < 4.78 is 2.34. The first-order valence-electron chi connectivity index (χ1n) is 14.7. The highest BCUT2D eigenvalue weighted by Gasteiger charge is 2.17. The van der Waals surface area contributed by atoms with Gasteiger partial charge in [-0.25, -0.2) is 15.0 Å². The number of hydrogen-bond acceptors (Lipinski definition) is 3. The second-order valence-corrected chi connectivity index (χ2v) is 11.0. The molecule has 0 amide bonds. The fourth-order valence-corrected chi connectivity index (χ4v) is 6.31. The Kier molecular flexibility index (Phi) is 5.43. The van der Waals surface area contributed by atoms with Crippen LogP contribution in [0, 0.1) is 0 Å². The zero-order valence-corrected chi connectivity index (χ0v) is 23.6. The Morgan fingerprint density at radius 3 is 1.70 bits per heavy atom. The van der Waals surface area contributed by atoms with Crippen LogP contribution in [0.4, 0.5) is 0 Å². The Labute approximate surface area is 253 Å². The summed E-state index contributed by atoms with van der Waals surface area (Å²) in [6.07, 6.45) is 0. The van der Waals surface area contributed by atoms with Crippen molar-refractivity contribution in [1.82, 2.24) is 24.5 Å². The molecular formula is C39H25N5. The van der Waals surface area contributed by atoms with Gasteiger partial charge in [0.05, 0.1) is 11.0 Å². The molecule has 0 fully saturated rings. The number of rotatable bonds is 4. The minimum Gasteiger partial charge on any atom is -0.354 e. The van der Waals surface area contributed by atoms with Crippen molar-refractivity contribution >= 4 is 43.6 Å². The van der Waals surface area contributed by atoms with Crippen LogP contribution in [0.5, 0.6) is 0 Å². The normalized spacial score (nSPS) is 11.6. The van der Waals surface area contributed by atoms with E-state index in [1.807, 2.05) is 60.7 Å².